The Morgan fingerprint density at radius 3 is 2.47 bits per heavy atom. The minimum absolute atomic E-state index is 0.185. The summed E-state index contributed by atoms with van der Waals surface area (Å²) in [6.07, 6.45) is 2.93. The van der Waals surface area contributed by atoms with Gasteiger partial charge >= 0.3 is 0 Å². The summed E-state index contributed by atoms with van der Waals surface area (Å²) in [5.74, 6) is 0. The van der Waals surface area contributed by atoms with Crippen LogP contribution in [0.25, 0.3) is 0 Å². The van der Waals surface area contributed by atoms with E-state index in [-0.39, 0.29) is 5.54 Å². The maximum absolute atomic E-state index is 6.19. The van der Waals surface area contributed by atoms with Crippen molar-refractivity contribution in [2.45, 2.75) is 24.8 Å². The van der Waals surface area contributed by atoms with Crippen LogP contribution in [0.2, 0.25) is 0 Å². The zero-order valence-electron chi connectivity index (χ0n) is 10.8. The van der Waals surface area contributed by atoms with Gasteiger partial charge < -0.3 is 24.7 Å². The van der Waals surface area contributed by atoms with E-state index in [0.29, 0.717) is 39.6 Å². The average Bonchev–Trinajstić information content (AvgIpc) is 2.33. The third-order valence-electron chi connectivity index (χ3n) is 2.90. The van der Waals surface area contributed by atoms with E-state index in [1.54, 1.807) is 7.11 Å². The summed E-state index contributed by atoms with van der Waals surface area (Å²) in [4.78, 5) is 0. The minimum atomic E-state index is -0.185. The lowest BCUT2D eigenvalue weighted by Crippen LogP contribution is -2.48. The lowest BCUT2D eigenvalue weighted by Gasteiger charge is -2.33. The maximum atomic E-state index is 6.19. The fourth-order valence-electron chi connectivity index (χ4n) is 1.81. The smallest absolute Gasteiger partial charge is 0.0701 e. The van der Waals surface area contributed by atoms with E-state index in [2.05, 4.69) is 0 Å². The molecule has 5 heteroatoms. The summed E-state index contributed by atoms with van der Waals surface area (Å²) in [5, 5.41) is 0. The van der Waals surface area contributed by atoms with Crippen molar-refractivity contribution in [3.8, 4) is 0 Å². The molecular weight excluding hydrogens is 222 g/mol. The molecule has 0 saturated carbocycles. The van der Waals surface area contributed by atoms with Crippen molar-refractivity contribution in [1.82, 2.24) is 0 Å². The zero-order valence-corrected chi connectivity index (χ0v) is 10.8. The van der Waals surface area contributed by atoms with Gasteiger partial charge in [0.05, 0.1) is 33.0 Å². The lowest BCUT2D eigenvalue weighted by atomic mass is 9.90. The molecule has 17 heavy (non-hydrogen) atoms. The molecule has 1 fully saturated rings. The highest BCUT2D eigenvalue weighted by atomic mass is 16.5. The van der Waals surface area contributed by atoms with E-state index in [1.165, 1.54) is 0 Å². The highest BCUT2D eigenvalue weighted by Gasteiger charge is 2.27. The van der Waals surface area contributed by atoms with Gasteiger partial charge in [0, 0.05) is 25.9 Å². The molecule has 2 N–H and O–H groups in total. The zero-order chi connectivity index (χ0) is 12.4. The summed E-state index contributed by atoms with van der Waals surface area (Å²) >= 11 is 0. The topological polar surface area (TPSA) is 62.9 Å². The molecule has 1 unspecified atom stereocenters. The minimum Gasteiger partial charge on any atom is -0.382 e. The third-order valence-corrected chi connectivity index (χ3v) is 2.90. The van der Waals surface area contributed by atoms with Gasteiger partial charge in [0.1, 0.15) is 0 Å². The Morgan fingerprint density at radius 2 is 1.82 bits per heavy atom. The first-order valence-electron chi connectivity index (χ1n) is 6.28. The van der Waals surface area contributed by atoms with Crippen LogP contribution < -0.4 is 5.73 Å². The molecule has 0 aromatic carbocycles. The highest BCUT2D eigenvalue weighted by molar-refractivity contribution is 4.86. The maximum Gasteiger partial charge on any atom is 0.0701 e. The molecule has 0 amide bonds. The molecule has 0 aromatic rings. The summed E-state index contributed by atoms with van der Waals surface area (Å²) < 4.78 is 21.0. The lowest BCUT2D eigenvalue weighted by molar-refractivity contribution is 0.000357. The predicted molar refractivity (Wildman–Crippen MR) is 65.1 cm³/mol. The molecule has 102 valence electrons. The Balaban J connectivity index is 1.89. The van der Waals surface area contributed by atoms with Crippen molar-refractivity contribution < 1.29 is 18.9 Å². The van der Waals surface area contributed by atoms with Crippen LogP contribution in [0.4, 0.5) is 0 Å². The van der Waals surface area contributed by atoms with Crippen molar-refractivity contribution in [3.05, 3.63) is 0 Å². The van der Waals surface area contributed by atoms with Crippen molar-refractivity contribution in [3.63, 3.8) is 0 Å². The summed E-state index contributed by atoms with van der Waals surface area (Å²) in [7, 11) is 1.66. The van der Waals surface area contributed by atoms with Crippen LogP contribution >= 0.6 is 0 Å². The van der Waals surface area contributed by atoms with E-state index >= 15 is 0 Å². The first-order chi connectivity index (χ1) is 8.27. The van der Waals surface area contributed by atoms with Crippen LogP contribution in [0.15, 0.2) is 0 Å². The van der Waals surface area contributed by atoms with Crippen LogP contribution in [0.1, 0.15) is 19.3 Å². The first-order valence-corrected chi connectivity index (χ1v) is 6.28. The van der Waals surface area contributed by atoms with Crippen LogP contribution in [0.5, 0.6) is 0 Å². The van der Waals surface area contributed by atoms with Gasteiger partial charge in [-0.2, -0.15) is 0 Å². The van der Waals surface area contributed by atoms with Crippen molar-refractivity contribution >= 4 is 0 Å². The third kappa shape index (κ3) is 6.95. The summed E-state index contributed by atoms with van der Waals surface area (Å²) in [6.45, 7) is 4.64. The fourth-order valence-corrected chi connectivity index (χ4v) is 1.81. The van der Waals surface area contributed by atoms with Gasteiger partial charge in [-0.1, -0.05) is 0 Å². The second-order valence-electron chi connectivity index (χ2n) is 4.49. The van der Waals surface area contributed by atoms with E-state index < -0.39 is 0 Å². The van der Waals surface area contributed by atoms with Gasteiger partial charge in [0.15, 0.2) is 0 Å². The van der Waals surface area contributed by atoms with Gasteiger partial charge in [-0.25, -0.2) is 0 Å². The SMILES string of the molecule is COCCOCCOCCC1(N)CCCOC1. The molecule has 0 bridgehead atoms. The molecule has 1 heterocycles. The fraction of sp³-hybridized carbons (Fsp3) is 1.00. The first kappa shape index (κ1) is 14.9. The Bertz CT molecular complexity index is 183. The molecule has 0 radical (unpaired) electrons. The average molecular weight is 247 g/mol. The Labute approximate surface area is 104 Å². The molecule has 1 saturated heterocycles. The van der Waals surface area contributed by atoms with Crippen molar-refractivity contribution in [2.24, 2.45) is 5.73 Å². The predicted octanol–water partition coefficient (Wildman–Crippen LogP) is 0.564. The monoisotopic (exact) mass is 247 g/mol. The molecule has 0 aromatic heterocycles. The number of hydrogen-bond donors (Lipinski definition) is 1. The van der Waals surface area contributed by atoms with Gasteiger partial charge in [-0.3, -0.25) is 0 Å². The quantitative estimate of drug-likeness (QED) is 0.603. The van der Waals surface area contributed by atoms with Crippen molar-refractivity contribution in [2.75, 3.05) is 53.4 Å². The molecule has 1 rings (SSSR count). The standard InChI is InChI=1S/C12H25NO4/c1-14-7-8-16-10-9-15-6-4-12(13)3-2-5-17-11-12/h2-11,13H2,1H3. The molecule has 1 aliphatic rings. The van der Waals surface area contributed by atoms with E-state index in [0.717, 1.165) is 25.9 Å². The van der Waals surface area contributed by atoms with Crippen LogP contribution in [0, 0.1) is 0 Å². The largest absolute Gasteiger partial charge is 0.382 e. The van der Waals surface area contributed by atoms with Gasteiger partial charge in [0.25, 0.3) is 0 Å². The van der Waals surface area contributed by atoms with E-state index in [4.69, 9.17) is 24.7 Å². The van der Waals surface area contributed by atoms with Crippen LogP contribution in [-0.4, -0.2) is 58.9 Å². The van der Waals surface area contributed by atoms with Gasteiger partial charge in [0.2, 0.25) is 0 Å². The normalized spacial score (nSPS) is 25.1. The molecule has 0 spiro atoms. The molecule has 1 atom stereocenters. The number of methoxy groups -OCH3 is 1. The number of rotatable bonds is 9. The molecule has 1 aliphatic heterocycles. The number of hydrogen-bond acceptors (Lipinski definition) is 5. The molecule has 5 nitrogen and oxygen atoms in total. The van der Waals surface area contributed by atoms with Crippen LogP contribution in [0.3, 0.4) is 0 Å². The highest BCUT2D eigenvalue weighted by Crippen LogP contribution is 2.19. The number of nitrogens with two attached hydrogens (primary N) is 1. The second-order valence-corrected chi connectivity index (χ2v) is 4.49. The van der Waals surface area contributed by atoms with Crippen LogP contribution in [-0.2, 0) is 18.9 Å². The van der Waals surface area contributed by atoms with Gasteiger partial charge in [-0.15, -0.1) is 0 Å². The Morgan fingerprint density at radius 1 is 1.12 bits per heavy atom. The molecular formula is C12H25NO4. The number of ether oxygens (including phenoxy) is 4. The van der Waals surface area contributed by atoms with E-state index in [1.807, 2.05) is 0 Å². The van der Waals surface area contributed by atoms with E-state index in [9.17, 15) is 0 Å². The summed E-state index contributed by atoms with van der Waals surface area (Å²) in [6, 6.07) is 0. The Hall–Kier alpha value is -0.200. The second kappa shape index (κ2) is 8.83. The molecule has 0 aliphatic carbocycles. The Kier molecular flexibility index (Phi) is 7.72. The van der Waals surface area contributed by atoms with Gasteiger partial charge in [-0.05, 0) is 19.3 Å². The summed E-state index contributed by atoms with van der Waals surface area (Å²) in [5.41, 5.74) is 6.00. The van der Waals surface area contributed by atoms with Crippen molar-refractivity contribution in [1.29, 1.82) is 0 Å².